The lowest BCUT2D eigenvalue weighted by Gasteiger charge is -2.12. The molecule has 24 heavy (non-hydrogen) atoms. The number of aliphatic carboxylic acids is 2. The average Bonchev–Trinajstić information content (AvgIpc) is 2.47. The van der Waals surface area contributed by atoms with E-state index in [4.69, 9.17) is 32.2 Å². The predicted octanol–water partition coefficient (Wildman–Crippen LogP) is -1.01. The molecule has 0 bridgehead atoms. The summed E-state index contributed by atoms with van der Waals surface area (Å²) in [5.41, 5.74) is 16.2. The fraction of sp³-hybridized carbons (Fsp3) is 0.750. The lowest BCUT2D eigenvalue weighted by atomic mass is 10.1. The molecule has 0 aliphatic heterocycles. The highest BCUT2D eigenvalue weighted by Crippen LogP contribution is 2.13. The number of nitrogens with two attached hydrogens (primary N) is 3. The number of carbonyl (C=O) groups is 3. The molecule has 2 atom stereocenters. The summed E-state index contributed by atoms with van der Waals surface area (Å²) >= 11 is 0. The molecule has 0 aromatic heterocycles. The van der Waals surface area contributed by atoms with Gasteiger partial charge in [-0.25, -0.2) is 4.79 Å². The summed E-state index contributed by atoms with van der Waals surface area (Å²) in [5, 5.41) is 18.3. The minimum atomic E-state index is -5.08. The number of hydrogen-bond donors (Lipinski definition) is 6. The Morgan fingerprint density at radius 2 is 1.46 bits per heavy atom. The Hall–Kier alpha value is -1.92. The maximum Gasteiger partial charge on any atom is 0.490 e. The molecule has 0 aliphatic carbocycles. The second kappa shape index (κ2) is 12.5. The van der Waals surface area contributed by atoms with Crippen molar-refractivity contribution < 1.29 is 37.8 Å². The largest absolute Gasteiger partial charge is 0.490 e. The number of halogens is 3. The zero-order valence-electron chi connectivity index (χ0n) is 12.9. The van der Waals surface area contributed by atoms with Crippen molar-refractivity contribution in [1.29, 1.82) is 0 Å². The van der Waals surface area contributed by atoms with Crippen LogP contribution in [-0.4, -0.2) is 59.4 Å². The molecule has 12 heteroatoms. The topological polar surface area (TPSA) is 182 Å². The minimum Gasteiger partial charge on any atom is -0.480 e. The Morgan fingerprint density at radius 1 is 1.00 bits per heavy atom. The van der Waals surface area contributed by atoms with Gasteiger partial charge >= 0.3 is 18.1 Å². The first-order valence-corrected chi connectivity index (χ1v) is 6.95. The van der Waals surface area contributed by atoms with E-state index in [1.807, 2.05) is 0 Å². The van der Waals surface area contributed by atoms with Gasteiger partial charge in [-0.2, -0.15) is 13.2 Å². The highest BCUT2D eigenvalue weighted by atomic mass is 19.4. The van der Waals surface area contributed by atoms with Crippen LogP contribution in [0.25, 0.3) is 0 Å². The first kappa shape index (κ1) is 24.3. The van der Waals surface area contributed by atoms with Crippen molar-refractivity contribution in [2.45, 2.75) is 43.9 Å². The molecule has 142 valence electrons. The van der Waals surface area contributed by atoms with E-state index in [9.17, 15) is 22.8 Å². The van der Waals surface area contributed by atoms with E-state index in [-0.39, 0.29) is 5.91 Å². The van der Waals surface area contributed by atoms with E-state index in [1.54, 1.807) is 0 Å². The van der Waals surface area contributed by atoms with E-state index >= 15 is 0 Å². The number of rotatable bonds is 9. The van der Waals surface area contributed by atoms with Crippen LogP contribution in [0.15, 0.2) is 0 Å². The smallest absolute Gasteiger partial charge is 0.480 e. The Morgan fingerprint density at radius 3 is 1.83 bits per heavy atom. The average molecular weight is 360 g/mol. The number of alkyl halides is 3. The Kier molecular flexibility index (Phi) is 12.7. The van der Waals surface area contributed by atoms with Gasteiger partial charge in [0.1, 0.15) is 6.04 Å². The summed E-state index contributed by atoms with van der Waals surface area (Å²) in [4.78, 5) is 30.7. The number of amides is 1. The van der Waals surface area contributed by atoms with Crippen molar-refractivity contribution in [3.8, 4) is 0 Å². The van der Waals surface area contributed by atoms with Crippen LogP contribution in [0.5, 0.6) is 0 Å². The lowest BCUT2D eigenvalue weighted by Crippen LogP contribution is -2.41. The van der Waals surface area contributed by atoms with E-state index in [2.05, 4.69) is 5.32 Å². The molecule has 0 rings (SSSR count). The Labute approximate surface area is 136 Å². The Bertz CT molecular complexity index is 407. The molecule has 0 saturated carbocycles. The van der Waals surface area contributed by atoms with Gasteiger partial charge < -0.3 is 32.7 Å². The quantitative estimate of drug-likeness (QED) is 0.283. The van der Waals surface area contributed by atoms with Gasteiger partial charge in [-0.3, -0.25) is 9.59 Å². The lowest BCUT2D eigenvalue weighted by molar-refractivity contribution is -0.192. The monoisotopic (exact) mass is 360 g/mol. The van der Waals surface area contributed by atoms with Gasteiger partial charge in [0.25, 0.3) is 0 Å². The highest BCUT2D eigenvalue weighted by Gasteiger charge is 2.38. The van der Waals surface area contributed by atoms with Crippen LogP contribution in [0.3, 0.4) is 0 Å². The molecule has 9 nitrogen and oxygen atoms in total. The summed E-state index contributed by atoms with van der Waals surface area (Å²) in [6.45, 7) is 0.893. The van der Waals surface area contributed by atoms with Gasteiger partial charge in [0, 0.05) is 6.54 Å². The molecular formula is C12H23F3N4O5. The second-order valence-corrected chi connectivity index (χ2v) is 4.72. The molecule has 0 aliphatic rings. The van der Waals surface area contributed by atoms with Crippen molar-refractivity contribution in [3.05, 3.63) is 0 Å². The predicted molar refractivity (Wildman–Crippen MR) is 77.8 cm³/mol. The SMILES string of the molecule is NCCC[C@H](N)C(=O)NCCC[C@H](N)C(=O)O.O=C(O)C(F)(F)F. The molecule has 0 unspecified atom stereocenters. The van der Waals surface area contributed by atoms with Crippen molar-refractivity contribution in [1.82, 2.24) is 5.32 Å². The minimum absolute atomic E-state index is 0.234. The van der Waals surface area contributed by atoms with Crippen molar-refractivity contribution >= 4 is 17.8 Å². The fourth-order valence-corrected chi connectivity index (χ4v) is 1.26. The Balaban J connectivity index is 0. The van der Waals surface area contributed by atoms with Gasteiger partial charge in [0.05, 0.1) is 6.04 Å². The van der Waals surface area contributed by atoms with Gasteiger partial charge in [-0.1, -0.05) is 0 Å². The number of hydrogen-bond acceptors (Lipinski definition) is 6. The van der Waals surface area contributed by atoms with Crippen LogP contribution < -0.4 is 22.5 Å². The molecule has 0 heterocycles. The third-order valence-electron chi connectivity index (χ3n) is 2.61. The standard InChI is InChI=1S/C10H22N4O3.C2HF3O2/c11-5-1-3-7(12)9(15)14-6-2-4-8(13)10(16)17;3-2(4,5)1(6)7/h7-8H,1-6,11-13H2,(H,14,15)(H,16,17);(H,6,7)/t7-,8-;/m0./s1. The molecule has 0 fully saturated rings. The molecular weight excluding hydrogens is 337 g/mol. The summed E-state index contributed by atoms with van der Waals surface area (Å²) in [6.07, 6.45) is -2.98. The third-order valence-corrected chi connectivity index (χ3v) is 2.61. The van der Waals surface area contributed by atoms with Gasteiger partial charge in [0.15, 0.2) is 0 Å². The van der Waals surface area contributed by atoms with Crippen LogP contribution in [-0.2, 0) is 14.4 Å². The van der Waals surface area contributed by atoms with Crippen LogP contribution in [0.2, 0.25) is 0 Å². The number of carboxylic acids is 2. The van der Waals surface area contributed by atoms with Crippen LogP contribution >= 0.6 is 0 Å². The molecule has 9 N–H and O–H groups in total. The fourth-order valence-electron chi connectivity index (χ4n) is 1.26. The van der Waals surface area contributed by atoms with Crippen molar-refractivity contribution in [3.63, 3.8) is 0 Å². The van der Waals surface area contributed by atoms with Gasteiger partial charge in [0.2, 0.25) is 5.91 Å². The molecule has 0 aromatic carbocycles. The normalized spacial score (nSPS) is 13.2. The first-order chi connectivity index (χ1) is 10.9. The molecule has 0 radical (unpaired) electrons. The first-order valence-electron chi connectivity index (χ1n) is 6.95. The molecule has 0 aromatic rings. The second-order valence-electron chi connectivity index (χ2n) is 4.72. The maximum atomic E-state index is 11.4. The van der Waals surface area contributed by atoms with E-state index in [1.165, 1.54) is 0 Å². The molecule has 1 amide bonds. The summed E-state index contributed by atoms with van der Waals surface area (Å²) in [7, 11) is 0. The van der Waals surface area contributed by atoms with Crippen molar-refractivity contribution in [2.75, 3.05) is 13.1 Å². The van der Waals surface area contributed by atoms with E-state index < -0.39 is 30.2 Å². The summed E-state index contributed by atoms with van der Waals surface area (Å²) in [5.74, 6) is -4.02. The maximum absolute atomic E-state index is 11.4. The highest BCUT2D eigenvalue weighted by molar-refractivity contribution is 5.81. The van der Waals surface area contributed by atoms with Crippen molar-refractivity contribution in [2.24, 2.45) is 17.2 Å². The van der Waals surface area contributed by atoms with E-state index in [0.29, 0.717) is 38.8 Å². The summed E-state index contributed by atoms with van der Waals surface area (Å²) in [6, 6.07) is -1.43. The van der Waals surface area contributed by atoms with Gasteiger partial charge in [-0.05, 0) is 32.2 Å². The van der Waals surface area contributed by atoms with Crippen LogP contribution in [0.4, 0.5) is 13.2 Å². The zero-order chi connectivity index (χ0) is 19.3. The number of carbonyl (C=O) groups excluding carboxylic acids is 1. The van der Waals surface area contributed by atoms with Crippen LogP contribution in [0, 0.1) is 0 Å². The zero-order valence-corrected chi connectivity index (χ0v) is 12.9. The number of nitrogens with one attached hydrogen (secondary N) is 1. The van der Waals surface area contributed by atoms with Gasteiger partial charge in [-0.15, -0.1) is 0 Å². The summed E-state index contributed by atoms with van der Waals surface area (Å²) < 4.78 is 31.7. The molecule has 0 saturated heterocycles. The molecule has 0 spiro atoms. The number of carboxylic acid groups (broad SMARTS) is 2. The van der Waals surface area contributed by atoms with Crippen LogP contribution in [0.1, 0.15) is 25.7 Å². The third kappa shape index (κ3) is 13.7. The van der Waals surface area contributed by atoms with E-state index in [0.717, 1.165) is 0 Å².